The van der Waals surface area contributed by atoms with E-state index < -0.39 is 43.1 Å². The van der Waals surface area contributed by atoms with E-state index in [0.717, 1.165) is 19.1 Å². The Bertz CT molecular complexity index is 379. The van der Waals surface area contributed by atoms with Gasteiger partial charge in [-0.05, 0) is 6.42 Å². The first kappa shape index (κ1) is 18.7. The Morgan fingerprint density at radius 2 is 1.57 bits per heavy atom. The van der Waals surface area contributed by atoms with Crippen molar-refractivity contribution in [3.63, 3.8) is 0 Å². The number of nitrogens with one attached hydrogen (secondary N) is 1. The Morgan fingerprint density at radius 3 is 1.90 bits per heavy atom. The van der Waals surface area contributed by atoms with E-state index in [9.17, 15) is 19.2 Å². The van der Waals surface area contributed by atoms with Gasteiger partial charge in [-0.25, -0.2) is 9.59 Å². The minimum atomic E-state index is -1.19. The molecular weight excluding hydrogens is 284 g/mol. The molecule has 120 valence electrons. The second-order valence-electron chi connectivity index (χ2n) is 4.14. The topological polar surface area (TPSA) is 122 Å². The Labute approximate surface area is 122 Å². The molecule has 0 heterocycles. The van der Waals surface area contributed by atoms with Crippen LogP contribution in [0.1, 0.15) is 19.8 Å². The summed E-state index contributed by atoms with van der Waals surface area (Å²) in [5, 5.41) is 11.2. The fraction of sp³-hybridized carbons (Fsp3) is 0.667. The third-order valence-electron chi connectivity index (χ3n) is 2.56. The Balaban J connectivity index is 4.86. The number of rotatable bonds is 8. The number of carboxylic acid groups (broad SMARTS) is 1. The average molecular weight is 304 g/mol. The maximum Gasteiger partial charge on any atom is 0.326 e. The van der Waals surface area contributed by atoms with Crippen LogP contribution in [0.25, 0.3) is 0 Å². The van der Waals surface area contributed by atoms with Gasteiger partial charge in [0, 0.05) is 0 Å². The van der Waals surface area contributed by atoms with Gasteiger partial charge in [-0.3, -0.25) is 9.59 Å². The molecule has 9 nitrogen and oxygen atoms in total. The van der Waals surface area contributed by atoms with Crippen LogP contribution in [0.2, 0.25) is 0 Å². The average Bonchev–Trinajstić information content (AvgIpc) is 2.45. The first-order valence-corrected chi connectivity index (χ1v) is 6.27. The standard InChI is InChI=1S/C12H20N2O7/c1-4-5-8(11(17)18)13-12(19)14(6-9(15)20-2)7-10(16)21-3/h8H,4-7H2,1-3H3,(H,13,19)(H,17,18)/t8-/m1/s1. The normalized spacial score (nSPS) is 11.2. The number of urea groups is 1. The molecule has 2 N–H and O–H groups in total. The zero-order valence-corrected chi connectivity index (χ0v) is 12.2. The summed E-state index contributed by atoms with van der Waals surface area (Å²) in [5.41, 5.74) is 0. The summed E-state index contributed by atoms with van der Waals surface area (Å²) in [6.45, 7) is 0.786. The third kappa shape index (κ3) is 7.14. The van der Waals surface area contributed by atoms with Crippen LogP contribution in [0.5, 0.6) is 0 Å². The molecule has 0 aromatic heterocycles. The van der Waals surface area contributed by atoms with Gasteiger partial charge in [0.2, 0.25) is 0 Å². The summed E-state index contributed by atoms with van der Waals surface area (Å²) < 4.78 is 8.83. The van der Waals surface area contributed by atoms with Crippen LogP contribution >= 0.6 is 0 Å². The summed E-state index contributed by atoms with van der Waals surface area (Å²) in [7, 11) is 2.27. The van der Waals surface area contributed by atoms with Gasteiger partial charge in [-0.15, -0.1) is 0 Å². The molecule has 2 amide bonds. The monoisotopic (exact) mass is 304 g/mol. The van der Waals surface area contributed by atoms with Crippen LogP contribution in [0.15, 0.2) is 0 Å². The smallest absolute Gasteiger partial charge is 0.326 e. The van der Waals surface area contributed by atoms with Gasteiger partial charge in [0.25, 0.3) is 0 Å². The second-order valence-corrected chi connectivity index (χ2v) is 4.14. The van der Waals surface area contributed by atoms with Crippen molar-refractivity contribution in [1.29, 1.82) is 0 Å². The lowest BCUT2D eigenvalue weighted by Gasteiger charge is -2.23. The van der Waals surface area contributed by atoms with Crippen molar-refractivity contribution in [2.75, 3.05) is 27.3 Å². The molecule has 0 aliphatic rings. The van der Waals surface area contributed by atoms with Gasteiger partial charge in [0.05, 0.1) is 14.2 Å². The number of nitrogens with zero attached hydrogens (tertiary/aromatic N) is 1. The number of carbonyl (C=O) groups excluding carboxylic acids is 3. The fourth-order valence-corrected chi connectivity index (χ4v) is 1.43. The van der Waals surface area contributed by atoms with E-state index in [1.54, 1.807) is 6.92 Å². The van der Waals surface area contributed by atoms with Crippen molar-refractivity contribution >= 4 is 23.9 Å². The summed E-state index contributed by atoms with van der Waals surface area (Å²) in [4.78, 5) is 46.2. The number of esters is 2. The van der Waals surface area contributed by atoms with E-state index in [1.165, 1.54) is 0 Å². The van der Waals surface area contributed by atoms with Crippen molar-refractivity contribution in [3.8, 4) is 0 Å². The van der Waals surface area contributed by atoms with E-state index in [0.29, 0.717) is 6.42 Å². The quantitative estimate of drug-likeness (QED) is 0.585. The number of aliphatic carboxylic acids is 1. The van der Waals surface area contributed by atoms with E-state index in [4.69, 9.17) is 5.11 Å². The minimum absolute atomic E-state index is 0.228. The highest BCUT2D eigenvalue weighted by Crippen LogP contribution is 2.00. The molecule has 0 rings (SSSR count). The highest BCUT2D eigenvalue weighted by atomic mass is 16.5. The summed E-state index contributed by atoms with van der Waals surface area (Å²) in [6, 6.07) is -1.95. The molecule has 21 heavy (non-hydrogen) atoms. The predicted octanol–water partition coefficient (Wildman–Crippen LogP) is -0.403. The maximum atomic E-state index is 12.0. The number of ether oxygens (including phenoxy) is 2. The van der Waals surface area contributed by atoms with Gasteiger partial charge < -0.3 is 24.8 Å². The highest BCUT2D eigenvalue weighted by molar-refractivity contribution is 5.87. The van der Waals surface area contributed by atoms with E-state index >= 15 is 0 Å². The largest absolute Gasteiger partial charge is 0.480 e. The molecule has 0 saturated carbocycles. The number of hydrogen-bond donors (Lipinski definition) is 2. The molecule has 9 heteroatoms. The zero-order chi connectivity index (χ0) is 16.4. The first-order chi connectivity index (χ1) is 9.85. The molecule has 0 aliphatic carbocycles. The lowest BCUT2D eigenvalue weighted by Crippen LogP contribution is -2.51. The van der Waals surface area contributed by atoms with Crippen LogP contribution < -0.4 is 5.32 Å². The lowest BCUT2D eigenvalue weighted by atomic mass is 10.2. The summed E-state index contributed by atoms with van der Waals surface area (Å²) >= 11 is 0. The van der Waals surface area contributed by atoms with Crippen LogP contribution in [0.3, 0.4) is 0 Å². The van der Waals surface area contributed by atoms with Crippen LogP contribution in [0, 0.1) is 0 Å². The van der Waals surface area contributed by atoms with Crippen molar-refractivity contribution in [3.05, 3.63) is 0 Å². The van der Waals surface area contributed by atoms with Gasteiger partial charge in [0.1, 0.15) is 19.1 Å². The molecule has 0 unspecified atom stereocenters. The number of carbonyl (C=O) groups is 4. The Morgan fingerprint density at radius 1 is 1.10 bits per heavy atom. The molecular formula is C12H20N2O7. The molecule has 0 aromatic rings. The van der Waals surface area contributed by atoms with Crippen molar-refractivity contribution in [1.82, 2.24) is 10.2 Å². The Kier molecular flexibility index (Phi) is 8.51. The van der Waals surface area contributed by atoms with Crippen molar-refractivity contribution in [2.45, 2.75) is 25.8 Å². The molecule has 0 aromatic carbocycles. The fourth-order valence-electron chi connectivity index (χ4n) is 1.43. The van der Waals surface area contributed by atoms with Crippen LogP contribution in [0.4, 0.5) is 4.79 Å². The lowest BCUT2D eigenvalue weighted by molar-refractivity contribution is -0.144. The minimum Gasteiger partial charge on any atom is -0.480 e. The summed E-state index contributed by atoms with van der Waals surface area (Å²) in [5.74, 6) is -2.67. The Hall–Kier alpha value is -2.32. The van der Waals surface area contributed by atoms with Gasteiger partial charge >= 0.3 is 23.9 Å². The SMILES string of the molecule is CCC[C@@H](NC(=O)N(CC(=O)OC)CC(=O)OC)C(=O)O. The number of methoxy groups -OCH3 is 2. The van der Waals surface area contributed by atoms with E-state index in [1.807, 2.05) is 0 Å². The first-order valence-electron chi connectivity index (χ1n) is 6.27. The summed E-state index contributed by atoms with van der Waals surface area (Å²) in [6.07, 6.45) is 0.774. The maximum absolute atomic E-state index is 12.0. The van der Waals surface area contributed by atoms with Crippen molar-refractivity contribution < 1.29 is 33.8 Å². The number of carboxylic acids is 1. The molecule has 0 radical (unpaired) electrons. The molecule has 0 bridgehead atoms. The van der Waals surface area contributed by atoms with Crippen LogP contribution in [-0.2, 0) is 23.9 Å². The highest BCUT2D eigenvalue weighted by Gasteiger charge is 2.25. The molecule has 0 spiro atoms. The second kappa shape index (κ2) is 9.56. The number of amides is 2. The van der Waals surface area contributed by atoms with Gasteiger partial charge in [0.15, 0.2) is 0 Å². The zero-order valence-electron chi connectivity index (χ0n) is 12.2. The molecule has 0 fully saturated rings. The molecule has 1 atom stereocenters. The van der Waals surface area contributed by atoms with Crippen LogP contribution in [-0.4, -0.2) is 67.3 Å². The number of hydrogen-bond acceptors (Lipinski definition) is 6. The van der Waals surface area contributed by atoms with E-state index in [2.05, 4.69) is 14.8 Å². The van der Waals surface area contributed by atoms with Gasteiger partial charge in [-0.2, -0.15) is 0 Å². The molecule has 0 saturated heterocycles. The van der Waals surface area contributed by atoms with E-state index in [-0.39, 0.29) is 6.42 Å². The predicted molar refractivity (Wildman–Crippen MR) is 70.5 cm³/mol. The molecule has 0 aliphatic heterocycles. The van der Waals surface area contributed by atoms with Gasteiger partial charge in [-0.1, -0.05) is 13.3 Å². The van der Waals surface area contributed by atoms with Crippen molar-refractivity contribution in [2.24, 2.45) is 0 Å². The third-order valence-corrected chi connectivity index (χ3v) is 2.56.